The summed E-state index contributed by atoms with van der Waals surface area (Å²) in [6, 6.07) is -0.626. The molecule has 0 fully saturated rings. The average molecular weight is 235 g/mol. The van der Waals surface area contributed by atoms with Crippen LogP contribution in [0.5, 0.6) is 0 Å². The number of rotatable bonds is 5. The van der Waals surface area contributed by atoms with Gasteiger partial charge in [-0.1, -0.05) is 17.7 Å². The SMILES string of the molecule is C=CCC(C1=CCCCC1)C(C)=NNC(N)=O. The van der Waals surface area contributed by atoms with E-state index in [1.54, 1.807) is 0 Å². The first-order chi connectivity index (χ1) is 8.15. The van der Waals surface area contributed by atoms with Crippen molar-refractivity contribution < 1.29 is 4.79 Å². The Morgan fingerprint density at radius 3 is 3.00 bits per heavy atom. The van der Waals surface area contributed by atoms with Gasteiger partial charge in [0, 0.05) is 11.6 Å². The van der Waals surface area contributed by atoms with Gasteiger partial charge in [-0.15, -0.1) is 6.58 Å². The first-order valence-electron chi connectivity index (χ1n) is 6.04. The van der Waals surface area contributed by atoms with Crippen LogP contribution in [0, 0.1) is 5.92 Å². The fourth-order valence-corrected chi connectivity index (χ4v) is 2.16. The Morgan fingerprint density at radius 2 is 2.47 bits per heavy atom. The maximum atomic E-state index is 10.6. The Bertz CT molecular complexity index is 345. The van der Waals surface area contributed by atoms with E-state index in [1.165, 1.54) is 18.4 Å². The highest BCUT2D eigenvalue weighted by molar-refractivity contribution is 5.88. The Morgan fingerprint density at radius 1 is 1.71 bits per heavy atom. The molecule has 17 heavy (non-hydrogen) atoms. The summed E-state index contributed by atoms with van der Waals surface area (Å²) in [5, 5.41) is 4.02. The standard InChI is InChI=1S/C13H21N3O/c1-3-7-12(10(2)15-16-13(14)17)11-8-5-4-6-9-11/h3,8,12H,1,4-7,9H2,2H3,(H3,14,16,17). The van der Waals surface area contributed by atoms with Gasteiger partial charge in [0.15, 0.2) is 0 Å². The quantitative estimate of drug-likeness (QED) is 0.429. The average Bonchev–Trinajstić information content (AvgIpc) is 2.34. The molecule has 0 aromatic heterocycles. The second-order valence-corrected chi connectivity index (χ2v) is 4.33. The molecule has 0 aromatic carbocycles. The Balaban J connectivity index is 2.76. The van der Waals surface area contributed by atoms with Gasteiger partial charge in [0.25, 0.3) is 0 Å². The molecular formula is C13H21N3O. The van der Waals surface area contributed by atoms with Crippen LogP contribution in [0.2, 0.25) is 0 Å². The fraction of sp³-hybridized carbons (Fsp3) is 0.538. The topological polar surface area (TPSA) is 67.5 Å². The molecule has 0 spiro atoms. The third kappa shape index (κ3) is 4.43. The van der Waals surface area contributed by atoms with Gasteiger partial charge in [0.2, 0.25) is 0 Å². The minimum absolute atomic E-state index is 0.250. The van der Waals surface area contributed by atoms with Gasteiger partial charge in [-0.3, -0.25) is 0 Å². The molecule has 1 unspecified atom stereocenters. The summed E-state index contributed by atoms with van der Waals surface area (Å²) in [4.78, 5) is 10.6. The summed E-state index contributed by atoms with van der Waals surface area (Å²) < 4.78 is 0. The molecule has 0 bridgehead atoms. The van der Waals surface area contributed by atoms with Gasteiger partial charge in [-0.2, -0.15) is 5.10 Å². The lowest BCUT2D eigenvalue weighted by Crippen LogP contribution is -2.27. The van der Waals surface area contributed by atoms with Crippen molar-refractivity contribution >= 4 is 11.7 Å². The lowest BCUT2D eigenvalue weighted by Gasteiger charge is -2.22. The first kappa shape index (κ1) is 13.5. The summed E-state index contributed by atoms with van der Waals surface area (Å²) in [5.41, 5.74) is 9.58. The first-order valence-corrected chi connectivity index (χ1v) is 6.04. The van der Waals surface area contributed by atoms with Crippen molar-refractivity contribution in [3.63, 3.8) is 0 Å². The molecule has 94 valence electrons. The van der Waals surface area contributed by atoms with Crippen LogP contribution in [0.15, 0.2) is 29.4 Å². The van der Waals surface area contributed by atoms with E-state index in [9.17, 15) is 4.79 Å². The van der Waals surface area contributed by atoms with Crippen molar-refractivity contribution in [1.82, 2.24) is 5.43 Å². The van der Waals surface area contributed by atoms with Gasteiger partial charge >= 0.3 is 6.03 Å². The number of hydrogen-bond donors (Lipinski definition) is 2. The fourth-order valence-electron chi connectivity index (χ4n) is 2.16. The van der Waals surface area contributed by atoms with E-state index in [4.69, 9.17) is 5.73 Å². The molecule has 0 saturated heterocycles. The van der Waals surface area contributed by atoms with E-state index < -0.39 is 6.03 Å². The molecular weight excluding hydrogens is 214 g/mol. The molecule has 3 N–H and O–H groups in total. The normalized spacial score (nSPS) is 18.2. The van der Waals surface area contributed by atoms with Crippen molar-refractivity contribution in [2.45, 2.75) is 39.0 Å². The lowest BCUT2D eigenvalue weighted by molar-refractivity contribution is 0.249. The molecule has 1 rings (SSSR count). The number of nitrogens with zero attached hydrogens (tertiary/aromatic N) is 1. The van der Waals surface area contributed by atoms with Crippen LogP contribution in [-0.2, 0) is 0 Å². The largest absolute Gasteiger partial charge is 0.350 e. The molecule has 1 atom stereocenters. The van der Waals surface area contributed by atoms with Crippen LogP contribution < -0.4 is 11.2 Å². The number of hydrazone groups is 1. The molecule has 0 aliphatic heterocycles. The Kier molecular flexibility index (Phi) is 5.46. The monoisotopic (exact) mass is 235 g/mol. The summed E-state index contributed by atoms with van der Waals surface area (Å²) in [6.45, 7) is 5.69. The second-order valence-electron chi connectivity index (χ2n) is 4.33. The van der Waals surface area contributed by atoms with E-state index >= 15 is 0 Å². The third-order valence-corrected chi connectivity index (χ3v) is 3.02. The van der Waals surface area contributed by atoms with Crippen LogP contribution in [0.4, 0.5) is 4.79 Å². The van der Waals surface area contributed by atoms with E-state index in [0.29, 0.717) is 0 Å². The van der Waals surface area contributed by atoms with Crippen LogP contribution in [0.3, 0.4) is 0 Å². The molecule has 4 heteroatoms. The van der Waals surface area contributed by atoms with Crippen molar-refractivity contribution in [1.29, 1.82) is 0 Å². The predicted octanol–water partition coefficient (Wildman–Crippen LogP) is 2.72. The van der Waals surface area contributed by atoms with Crippen molar-refractivity contribution in [3.05, 3.63) is 24.3 Å². The molecule has 1 aliphatic carbocycles. The van der Waals surface area contributed by atoms with Gasteiger partial charge in [0.1, 0.15) is 0 Å². The van der Waals surface area contributed by atoms with E-state index in [0.717, 1.165) is 25.0 Å². The van der Waals surface area contributed by atoms with E-state index in [-0.39, 0.29) is 5.92 Å². The van der Waals surface area contributed by atoms with Gasteiger partial charge in [-0.25, -0.2) is 10.2 Å². The van der Waals surface area contributed by atoms with Gasteiger partial charge in [0.05, 0.1) is 0 Å². The summed E-state index contributed by atoms with van der Waals surface area (Å²) in [5.74, 6) is 0.250. The Labute approximate surface area is 103 Å². The van der Waals surface area contributed by atoms with Crippen LogP contribution >= 0.6 is 0 Å². The molecule has 1 aliphatic rings. The number of hydrogen-bond acceptors (Lipinski definition) is 2. The van der Waals surface area contributed by atoms with Gasteiger partial charge in [-0.05, 0) is 39.0 Å². The molecule has 2 amide bonds. The molecule has 0 heterocycles. The van der Waals surface area contributed by atoms with E-state index in [1.807, 2.05) is 13.0 Å². The zero-order valence-corrected chi connectivity index (χ0v) is 10.4. The number of nitrogens with two attached hydrogens (primary N) is 1. The summed E-state index contributed by atoms with van der Waals surface area (Å²) in [6.07, 6.45) is 9.78. The van der Waals surface area contributed by atoms with Crippen LogP contribution in [0.25, 0.3) is 0 Å². The Hall–Kier alpha value is -1.58. The summed E-state index contributed by atoms with van der Waals surface area (Å²) >= 11 is 0. The second kappa shape index (κ2) is 6.89. The van der Waals surface area contributed by atoms with Crippen LogP contribution in [-0.4, -0.2) is 11.7 Å². The highest BCUT2D eigenvalue weighted by atomic mass is 16.2. The highest BCUT2D eigenvalue weighted by Crippen LogP contribution is 2.27. The van der Waals surface area contributed by atoms with Crippen molar-refractivity contribution in [2.75, 3.05) is 0 Å². The molecule has 0 aromatic rings. The molecule has 4 nitrogen and oxygen atoms in total. The number of carbonyl (C=O) groups excluding carboxylic acids is 1. The number of primary amides is 1. The smallest absolute Gasteiger partial charge is 0.332 e. The zero-order chi connectivity index (χ0) is 12.7. The van der Waals surface area contributed by atoms with Gasteiger partial charge < -0.3 is 5.73 Å². The maximum Gasteiger partial charge on any atom is 0.332 e. The number of nitrogens with one attached hydrogen (secondary N) is 1. The molecule has 0 saturated carbocycles. The minimum Gasteiger partial charge on any atom is -0.350 e. The number of urea groups is 1. The highest BCUT2D eigenvalue weighted by Gasteiger charge is 2.18. The van der Waals surface area contributed by atoms with E-state index in [2.05, 4.69) is 23.2 Å². The maximum absolute atomic E-state index is 10.6. The number of amides is 2. The molecule has 0 radical (unpaired) electrons. The number of carbonyl (C=O) groups is 1. The number of allylic oxidation sites excluding steroid dienone is 3. The van der Waals surface area contributed by atoms with Crippen LogP contribution in [0.1, 0.15) is 39.0 Å². The summed E-state index contributed by atoms with van der Waals surface area (Å²) in [7, 11) is 0. The lowest BCUT2D eigenvalue weighted by atomic mass is 9.84. The van der Waals surface area contributed by atoms with Crippen molar-refractivity contribution in [2.24, 2.45) is 16.8 Å². The minimum atomic E-state index is -0.626. The third-order valence-electron chi connectivity index (χ3n) is 3.02. The predicted molar refractivity (Wildman–Crippen MR) is 70.7 cm³/mol. The zero-order valence-electron chi connectivity index (χ0n) is 10.4. The van der Waals surface area contributed by atoms with Crippen molar-refractivity contribution in [3.8, 4) is 0 Å².